The molecule has 1 saturated heterocycles. The van der Waals surface area contributed by atoms with Gasteiger partial charge in [0.15, 0.2) is 0 Å². The molecule has 6 nitrogen and oxygen atoms in total. The van der Waals surface area contributed by atoms with Gasteiger partial charge in [-0.3, -0.25) is 4.79 Å². The van der Waals surface area contributed by atoms with E-state index in [4.69, 9.17) is 9.47 Å². The van der Waals surface area contributed by atoms with E-state index in [1.165, 1.54) is 5.56 Å². The van der Waals surface area contributed by atoms with Crippen molar-refractivity contribution < 1.29 is 14.3 Å². The fourth-order valence-corrected chi connectivity index (χ4v) is 2.97. The van der Waals surface area contributed by atoms with Gasteiger partial charge in [0.05, 0.1) is 13.7 Å². The largest absolute Gasteiger partial charge is 0.480 e. The molecule has 1 unspecified atom stereocenters. The number of hydrogen-bond acceptors (Lipinski definition) is 5. The highest BCUT2D eigenvalue weighted by atomic mass is 16.5. The zero-order valence-corrected chi connectivity index (χ0v) is 14.4. The molecule has 1 fully saturated rings. The predicted molar refractivity (Wildman–Crippen MR) is 93.6 cm³/mol. The number of carbonyl (C=O) groups excluding carboxylic acids is 1. The number of carbonyl (C=O) groups is 1. The first-order chi connectivity index (χ1) is 12.2. The number of benzene rings is 1. The first-order valence-electron chi connectivity index (χ1n) is 8.60. The zero-order valence-electron chi connectivity index (χ0n) is 14.4. The highest BCUT2D eigenvalue weighted by Gasteiger charge is 2.25. The summed E-state index contributed by atoms with van der Waals surface area (Å²) in [4.78, 5) is 14.4. The van der Waals surface area contributed by atoms with Crippen LogP contribution in [-0.2, 0) is 11.2 Å². The highest BCUT2D eigenvalue weighted by molar-refractivity contribution is 5.76. The molecule has 0 N–H and O–H groups in total. The molecule has 2 heterocycles. The van der Waals surface area contributed by atoms with Gasteiger partial charge >= 0.3 is 0 Å². The number of nitrogens with zero attached hydrogens (tertiary/aromatic N) is 3. The Morgan fingerprint density at radius 3 is 2.64 bits per heavy atom. The average molecular weight is 341 g/mol. The molecule has 0 radical (unpaired) electrons. The summed E-state index contributed by atoms with van der Waals surface area (Å²) < 4.78 is 10.9. The van der Waals surface area contributed by atoms with Gasteiger partial charge in [0.25, 0.3) is 0 Å². The van der Waals surface area contributed by atoms with Crippen LogP contribution in [0.25, 0.3) is 0 Å². The van der Waals surface area contributed by atoms with Gasteiger partial charge < -0.3 is 14.4 Å². The molecule has 1 atom stereocenters. The Balaban J connectivity index is 1.50. The van der Waals surface area contributed by atoms with Gasteiger partial charge in [-0.25, -0.2) is 0 Å². The number of ether oxygens (including phenoxy) is 2. The van der Waals surface area contributed by atoms with Crippen LogP contribution in [0.3, 0.4) is 0 Å². The number of piperidine rings is 1. The lowest BCUT2D eigenvalue weighted by Gasteiger charge is -2.32. The number of rotatable bonds is 6. The van der Waals surface area contributed by atoms with Crippen molar-refractivity contribution in [3.63, 3.8) is 0 Å². The molecule has 3 rings (SSSR count). The number of likely N-dealkylation sites (tertiary alicyclic amines) is 1. The lowest BCUT2D eigenvalue weighted by atomic mass is 10.1. The van der Waals surface area contributed by atoms with Crippen LogP contribution in [0, 0.1) is 0 Å². The molecule has 1 amide bonds. The van der Waals surface area contributed by atoms with Gasteiger partial charge in [0.2, 0.25) is 17.7 Å². The fraction of sp³-hybridized carbons (Fsp3) is 0.421. The predicted octanol–water partition coefficient (Wildman–Crippen LogP) is 2.49. The number of hydrogen-bond donors (Lipinski definition) is 0. The summed E-state index contributed by atoms with van der Waals surface area (Å²) in [6.45, 7) is 1.39. The average Bonchev–Trinajstić information content (AvgIpc) is 2.68. The Morgan fingerprint density at radius 1 is 1.16 bits per heavy atom. The minimum absolute atomic E-state index is 0.0443. The van der Waals surface area contributed by atoms with Crippen molar-refractivity contribution in [2.75, 3.05) is 20.2 Å². The Bertz CT molecular complexity index is 676. The molecule has 1 aromatic heterocycles. The summed E-state index contributed by atoms with van der Waals surface area (Å²) in [6.07, 6.45) is 3.10. The van der Waals surface area contributed by atoms with Crippen LogP contribution in [0.5, 0.6) is 11.8 Å². The van der Waals surface area contributed by atoms with Crippen LogP contribution >= 0.6 is 0 Å². The molecule has 0 spiro atoms. The molecule has 132 valence electrons. The molecule has 2 aromatic rings. The third-order valence-electron chi connectivity index (χ3n) is 4.31. The van der Waals surface area contributed by atoms with Crippen molar-refractivity contribution >= 4 is 5.91 Å². The standard InChI is InChI=1S/C19H23N3O3/c1-24-17-10-11-18(21-20-17)25-16-8-5-13-22(14-16)19(23)12-9-15-6-3-2-4-7-15/h2-4,6-7,10-11,16H,5,8-9,12-14H2,1H3. The van der Waals surface area contributed by atoms with Crippen LogP contribution < -0.4 is 9.47 Å². The van der Waals surface area contributed by atoms with E-state index < -0.39 is 0 Å². The van der Waals surface area contributed by atoms with Gasteiger partial charge in [0, 0.05) is 25.1 Å². The summed E-state index contributed by atoms with van der Waals surface area (Å²) in [6, 6.07) is 13.5. The molecule has 0 bridgehead atoms. The minimum Gasteiger partial charge on any atom is -0.480 e. The lowest BCUT2D eigenvalue weighted by Crippen LogP contribution is -2.44. The maximum absolute atomic E-state index is 12.5. The van der Waals surface area contributed by atoms with Crippen molar-refractivity contribution in [2.24, 2.45) is 0 Å². The zero-order chi connectivity index (χ0) is 17.5. The third-order valence-corrected chi connectivity index (χ3v) is 4.31. The summed E-state index contributed by atoms with van der Waals surface area (Å²) in [7, 11) is 1.55. The van der Waals surface area contributed by atoms with Gasteiger partial charge in [0.1, 0.15) is 6.10 Å². The molecular formula is C19H23N3O3. The van der Waals surface area contributed by atoms with E-state index in [9.17, 15) is 4.79 Å². The van der Waals surface area contributed by atoms with Crippen LogP contribution in [0.15, 0.2) is 42.5 Å². The van der Waals surface area contributed by atoms with E-state index in [-0.39, 0.29) is 12.0 Å². The van der Waals surface area contributed by atoms with Crippen LogP contribution in [0.1, 0.15) is 24.8 Å². The molecular weight excluding hydrogens is 318 g/mol. The van der Waals surface area contributed by atoms with E-state index in [2.05, 4.69) is 22.3 Å². The van der Waals surface area contributed by atoms with E-state index in [0.717, 1.165) is 25.8 Å². The molecule has 1 aliphatic rings. The topological polar surface area (TPSA) is 64.6 Å². The first kappa shape index (κ1) is 17.2. The summed E-state index contributed by atoms with van der Waals surface area (Å²) in [5.74, 6) is 1.09. The van der Waals surface area contributed by atoms with Gasteiger partial charge in [-0.05, 0) is 24.8 Å². The second-order valence-electron chi connectivity index (χ2n) is 6.12. The van der Waals surface area contributed by atoms with Crippen molar-refractivity contribution in [3.05, 3.63) is 48.0 Å². The Hall–Kier alpha value is -2.63. The molecule has 0 saturated carbocycles. The second kappa shape index (κ2) is 8.46. The number of aromatic nitrogens is 2. The van der Waals surface area contributed by atoms with Gasteiger partial charge in [-0.15, -0.1) is 10.2 Å². The minimum atomic E-state index is -0.0443. The van der Waals surface area contributed by atoms with Crippen molar-refractivity contribution in [1.82, 2.24) is 15.1 Å². The van der Waals surface area contributed by atoms with Crippen molar-refractivity contribution in [1.29, 1.82) is 0 Å². The summed E-state index contributed by atoms with van der Waals surface area (Å²) in [5.41, 5.74) is 1.19. The Kier molecular flexibility index (Phi) is 5.82. The monoisotopic (exact) mass is 341 g/mol. The summed E-state index contributed by atoms with van der Waals surface area (Å²) in [5, 5.41) is 7.89. The number of aryl methyl sites for hydroxylation is 1. The molecule has 6 heteroatoms. The smallest absolute Gasteiger partial charge is 0.233 e. The molecule has 0 aliphatic carbocycles. The number of amides is 1. The quantitative estimate of drug-likeness (QED) is 0.808. The van der Waals surface area contributed by atoms with Crippen LogP contribution in [0.2, 0.25) is 0 Å². The number of methoxy groups -OCH3 is 1. The van der Waals surface area contributed by atoms with E-state index in [1.807, 2.05) is 23.1 Å². The van der Waals surface area contributed by atoms with Crippen molar-refractivity contribution in [3.8, 4) is 11.8 Å². The maximum Gasteiger partial charge on any atom is 0.233 e. The second-order valence-corrected chi connectivity index (χ2v) is 6.12. The van der Waals surface area contributed by atoms with Crippen LogP contribution in [0.4, 0.5) is 0 Å². The van der Waals surface area contributed by atoms with E-state index in [0.29, 0.717) is 24.7 Å². The first-order valence-corrected chi connectivity index (χ1v) is 8.60. The maximum atomic E-state index is 12.5. The lowest BCUT2D eigenvalue weighted by molar-refractivity contribution is -0.133. The summed E-state index contributed by atoms with van der Waals surface area (Å²) >= 11 is 0. The SMILES string of the molecule is COc1ccc(OC2CCCN(C(=O)CCc3ccccc3)C2)nn1. The molecule has 25 heavy (non-hydrogen) atoms. The Labute approximate surface area is 147 Å². The van der Waals surface area contributed by atoms with E-state index in [1.54, 1.807) is 19.2 Å². The van der Waals surface area contributed by atoms with Gasteiger partial charge in [-0.1, -0.05) is 30.3 Å². The normalized spacial score (nSPS) is 17.2. The van der Waals surface area contributed by atoms with Crippen LogP contribution in [-0.4, -0.2) is 47.3 Å². The van der Waals surface area contributed by atoms with E-state index >= 15 is 0 Å². The molecule has 1 aromatic carbocycles. The fourth-order valence-electron chi connectivity index (χ4n) is 2.97. The van der Waals surface area contributed by atoms with Gasteiger partial charge in [-0.2, -0.15) is 0 Å². The van der Waals surface area contributed by atoms with Crippen molar-refractivity contribution in [2.45, 2.75) is 31.8 Å². The Morgan fingerprint density at radius 2 is 1.92 bits per heavy atom. The molecule has 1 aliphatic heterocycles. The third kappa shape index (κ3) is 4.92. The highest BCUT2D eigenvalue weighted by Crippen LogP contribution is 2.18.